The van der Waals surface area contributed by atoms with Gasteiger partial charge in [0.05, 0.1) is 0 Å². The fraction of sp³-hybridized carbons (Fsp3) is 0.867. The number of ketones is 1. The second kappa shape index (κ2) is 14.1. The Morgan fingerprint density at radius 3 is 1.78 bits per heavy atom. The molecule has 0 saturated heterocycles. The summed E-state index contributed by atoms with van der Waals surface area (Å²) < 4.78 is 0. The molecular formula is C15H28N2O. The van der Waals surface area contributed by atoms with Crippen molar-refractivity contribution in [1.29, 1.82) is 0 Å². The third-order valence-electron chi connectivity index (χ3n) is 3.23. The first-order valence-corrected chi connectivity index (χ1v) is 7.51. The minimum atomic E-state index is -0.0755. The molecule has 104 valence electrons. The van der Waals surface area contributed by atoms with E-state index < -0.39 is 0 Å². The summed E-state index contributed by atoms with van der Waals surface area (Å²) in [6.45, 7) is 2.25. The van der Waals surface area contributed by atoms with E-state index in [1.54, 1.807) is 0 Å². The predicted molar refractivity (Wildman–Crippen MR) is 75.8 cm³/mol. The zero-order valence-corrected chi connectivity index (χ0v) is 11.9. The lowest BCUT2D eigenvalue weighted by Gasteiger charge is -2.01. The normalized spacial score (nSPS) is 10.1. The Kier molecular flexibility index (Phi) is 13.4. The molecule has 0 aromatic heterocycles. The minimum Gasteiger partial charge on any atom is -0.361 e. The molecule has 0 aliphatic heterocycles. The number of rotatable bonds is 13. The van der Waals surface area contributed by atoms with Gasteiger partial charge in [-0.05, 0) is 6.42 Å². The molecule has 0 spiro atoms. The maximum Gasteiger partial charge on any atom is 0.323 e. The monoisotopic (exact) mass is 252 g/mol. The van der Waals surface area contributed by atoms with Crippen LogP contribution < -0.4 is 0 Å². The summed E-state index contributed by atoms with van der Waals surface area (Å²) in [7, 11) is 0. The highest BCUT2D eigenvalue weighted by Gasteiger charge is 2.01. The summed E-state index contributed by atoms with van der Waals surface area (Å²) in [6.07, 6.45) is 15.6. The zero-order chi connectivity index (χ0) is 13.5. The third-order valence-corrected chi connectivity index (χ3v) is 3.23. The van der Waals surface area contributed by atoms with E-state index in [4.69, 9.17) is 5.53 Å². The van der Waals surface area contributed by atoms with Crippen LogP contribution in [-0.2, 0) is 4.79 Å². The SMILES string of the molecule is CCCCCCCCCCCCCC(=O)C=[N+]=[N-]. The van der Waals surface area contributed by atoms with Crippen LogP contribution in [0.15, 0.2) is 0 Å². The van der Waals surface area contributed by atoms with Crippen molar-refractivity contribution >= 4 is 12.0 Å². The molecule has 0 rings (SSSR count). The fourth-order valence-electron chi connectivity index (χ4n) is 2.09. The lowest BCUT2D eigenvalue weighted by Crippen LogP contribution is -1.99. The Morgan fingerprint density at radius 1 is 0.889 bits per heavy atom. The van der Waals surface area contributed by atoms with Crippen LogP contribution in [-0.4, -0.2) is 16.8 Å². The maximum absolute atomic E-state index is 11.0. The molecule has 0 radical (unpaired) electrons. The van der Waals surface area contributed by atoms with E-state index in [1.165, 1.54) is 57.8 Å². The van der Waals surface area contributed by atoms with Crippen molar-refractivity contribution in [2.75, 3.05) is 0 Å². The fourth-order valence-corrected chi connectivity index (χ4v) is 2.09. The Hall–Kier alpha value is -0.950. The van der Waals surface area contributed by atoms with Crippen molar-refractivity contribution in [2.45, 2.75) is 84.0 Å². The molecule has 0 aliphatic carbocycles. The van der Waals surface area contributed by atoms with Crippen LogP contribution in [0.3, 0.4) is 0 Å². The van der Waals surface area contributed by atoms with Crippen molar-refractivity contribution in [1.82, 2.24) is 0 Å². The molecule has 0 N–H and O–H groups in total. The average molecular weight is 252 g/mol. The smallest absolute Gasteiger partial charge is 0.323 e. The first-order chi connectivity index (χ1) is 8.81. The average Bonchev–Trinajstić information content (AvgIpc) is 2.36. The highest BCUT2D eigenvalue weighted by atomic mass is 16.1. The van der Waals surface area contributed by atoms with Gasteiger partial charge in [-0.25, -0.2) is 0 Å². The second-order valence-corrected chi connectivity index (χ2v) is 5.00. The van der Waals surface area contributed by atoms with Gasteiger partial charge in [0, 0.05) is 6.42 Å². The van der Waals surface area contributed by atoms with Gasteiger partial charge >= 0.3 is 6.21 Å². The molecule has 0 fully saturated rings. The second-order valence-electron chi connectivity index (χ2n) is 5.00. The number of nitrogens with zero attached hydrogens (tertiary/aromatic N) is 2. The first-order valence-electron chi connectivity index (χ1n) is 7.51. The molecule has 18 heavy (non-hydrogen) atoms. The van der Waals surface area contributed by atoms with Crippen LogP contribution in [0.4, 0.5) is 0 Å². The van der Waals surface area contributed by atoms with E-state index in [-0.39, 0.29) is 5.78 Å². The molecule has 0 aromatic rings. The van der Waals surface area contributed by atoms with Gasteiger partial charge in [0.2, 0.25) is 5.78 Å². The lowest BCUT2D eigenvalue weighted by atomic mass is 10.0. The van der Waals surface area contributed by atoms with Gasteiger partial charge in [-0.1, -0.05) is 71.1 Å². The summed E-state index contributed by atoms with van der Waals surface area (Å²) in [4.78, 5) is 13.7. The number of hydrogen-bond donors (Lipinski definition) is 0. The third kappa shape index (κ3) is 13.1. The van der Waals surface area contributed by atoms with Gasteiger partial charge in [0.25, 0.3) is 0 Å². The summed E-state index contributed by atoms with van der Waals surface area (Å²) >= 11 is 0. The van der Waals surface area contributed by atoms with Crippen molar-refractivity contribution in [3.63, 3.8) is 0 Å². The molecule has 0 amide bonds. The molecule has 0 bridgehead atoms. The Balaban J connectivity index is 3.07. The predicted octanol–water partition coefficient (Wildman–Crippen LogP) is 4.56. The van der Waals surface area contributed by atoms with E-state index in [2.05, 4.69) is 11.7 Å². The van der Waals surface area contributed by atoms with Gasteiger partial charge in [0.1, 0.15) is 0 Å². The zero-order valence-electron chi connectivity index (χ0n) is 11.9. The Morgan fingerprint density at radius 2 is 1.33 bits per heavy atom. The van der Waals surface area contributed by atoms with Gasteiger partial charge in [-0.15, -0.1) is 0 Å². The first kappa shape index (κ1) is 17.1. The standard InChI is InChI=1S/C15H28N2O/c1-2-3-4-5-6-7-8-9-10-11-12-13-15(18)14-17-16/h14H,2-13H2,1H3. The number of hydrogen-bond acceptors (Lipinski definition) is 1. The van der Waals surface area contributed by atoms with E-state index in [9.17, 15) is 4.79 Å². The Bertz CT molecular complexity index is 245. The summed E-state index contributed by atoms with van der Waals surface area (Å²) in [5.74, 6) is -0.0755. The topological polar surface area (TPSA) is 53.5 Å². The molecule has 0 aromatic carbocycles. The quantitative estimate of drug-likeness (QED) is 0.205. The van der Waals surface area contributed by atoms with Gasteiger partial charge < -0.3 is 5.53 Å². The van der Waals surface area contributed by atoms with Crippen LogP contribution in [0.5, 0.6) is 0 Å². The highest BCUT2D eigenvalue weighted by Crippen LogP contribution is 2.11. The Labute approximate surface area is 112 Å². The molecule has 0 atom stereocenters. The van der Waals surface area contributed by atoms with Crippen molar-refractivity contribution in [2.24, 2.45) is 0 Å². The van der Waals surface area contributed by atoms with Crippen LogP contribution in [0.25, 0.3) is 5.53 Å². The van der Waals surface area contributed by atoms with Gasteiger partial charge in [0.15, 0.2) is 0 Å². The molecule has 0 aliphatic rings. The van der Waals surface area contributed by atoms with Crippen LogP contribution in [0, 0.1) is 0 Å². The van der Waals surface area contributed by atoms with Crippen LogP contribution >= 0.6 is 0 Å². The van der Waals surface area contributed by atoms with Gasteiger partial charge in [-0.2, -0.15) is 4.79 Å². The number of unbranched alkanes of at least 4 members (excludes halogenated alkanes) is 10. The summed E-state index contributed by atoms with van der Waals surface area (Å²) in [6, 6.07) is 0. The van der Waals surface area contributed by atoms with E-state index >= 15 is 0 Å². The maximum atomic E-state index is 11.0. The molecule has 3 nitrogen and oxygen atoms in total. The summed E-state index contributed by atoms with van der Waals surface area (Å²) in [5.41, 5.74) is 8.16. The van der Waals surface area contributed by atoms with E-state index in [0.717, 1.165) is 19.1 Å². The largest absolute Gasteiger partial charge is 0.361 e. The van der Waals surface area contributed by atoms with E-state index in [1.807, 2.05) is 0 Å². The van der Waals surface area contributed by atoms with Crippen LogP contribution in [0.2, 0.25) is 0 Å². The van der Waals surface area contributed by atoms with Crippen molar-refractivity contribution in [3.05, 3.63) is 5.53 Å². The molecule has 0 saturated carbocycles. The number of carbonyl (C=O) groups is 1. The number of carbonyl (C=O) groups excluding carboxylic acids is 1. The van der Waals surface area contributed by atoms with Crippen molar-refractivity contribution in [3.8, 4) is 0 Å². The van der Waals surface area contributed by atoms with Gasteiger partial charge in [-0.3, -0.25) is 4.79 Å². The molecular weight excluding hydrogens is 224 g/mol. The number of Topliss-reactive ketones (excluding diaryl/α,β-unsaturated/α-hetero) is 1. The summed E-state index contributed by atoms with van der Waals surface area (Å²) in [5, 5.41) is 0. The van der Waals surface area contributed by atoms with Crippen molar-refractivity contribution < 1.29 is 9.58 Å². The van der Waals surface area contributed by atoms with E-state index in [0.29, 0.717) is 6.42 Å². The van der Waals surface area contributed by atoms with Crippen LogP contribution in [0.1, 0.15) is 84.0 Å². The highest BCUT2D eigenvalue weighted by molar-refractivity contribution is 6.25. The molecule has 0 unspecified atom stereocenters. The minimum absolute atomic E-state index is 0.0755. The lowest BCUT2D eigenvalue weighted by molar-refractivity contribution is -0.116. The molecule has 0 heterocycles. The molecule has 3 heteroatoms.